The van der Waals surface area contributed by atoms with Crippen LogP contribution in [-0.4, -0.2) is 31.4 Å². The summed E-state index contributed by atoms with van der Waals surface area (Å²) in [6, 6.07) is 0. The number of carbonyl (C=O) groups is 2. The molecule has 1 heterocycles. The lowest BCUT2D eigenvalue weighted by Crippen LogP contribution is -2.16. The van der Waals surface area contributed by atoms with Crippen molar-refractivity contribution in [2.75, 3.05) is 13.2 Å². The van der Waals surface area contributed by atoms with Gasteiger partial charge in [0.15, 0.2) is 0 Å². The normalized spacial score (nSPS) is 15.4. The second-order valence-electron chi connectivity index (χ2n) is 21.8. The molecule has 0 aromatic heterocycles. The number of hydrogen-bond donors (Lipinski definition) is 0. The summed E-state index contributed by atoms with van der Waals surface area (Å²) in [6.07, 6.45) is 63.0. The van der Waals surface area contributed by atoms with E-state index in [1.807, 2.05) is 6.20 Å². The third-order valence-corrected chi connectivity index (χ3v) is 15.4. The van der Waals surface area contributed by atoms with Gasteiger partial charge in [0.1, 0.15) is 0 Å². The molecule has 0 aliphatic carbocycles. The number of nitrogens with zero attached hydrogens (tertiary/aromatic N) is 1. The van der Waals surface area contributed by atoms with Crippen molar-refractivity contribution >= 4 is 18.2 Å². The number of rotatable bonds is 52. The van der Waals surface area contributed by atoms with E-state index in [0.29, 0.717) is 43.8 Å². The van der Waals surface area contributed by atoms with Crippen molar-refractivity contribution in [2.45, 2.75) is 324 Å². The second-order valence-corrected chi connectivity index (χ2v) is 21.8. The summed E-state index contributed by atoms with van der Waals surface area (Å²) in [5, 5.41) is 0. The minimum atomic E-state index is 0.0310. The molecule has 0 saturated carbocycles. The highest BCUT2D eigenvalue weighted by Crippen LogP contribution is 2.34. The van der Waals surface area contributed by atoms with Gasteiger partial charge in [-0.15, -0.1) is 0 Å². The maximum absolute atomic E-state index is 12.7. The maximum atomic E-state index is 12.7. The number of carbonyl (C=O) groups excluding carboxylic acids is 2. The highest BCUT2D eigenvalue weighted by molar-refractivity contribution is 5.69. The van der Waals surface area contributed by atoms with Gasteiger partial charge in [0.25, 0.3) is 0 Å². The molecule has 0 radical (unpaired) electrons. The molecule has 5 heteroatoms. The van der Waals surface area contributed by atoms with E-state index in [1.54, 1.807) is 0 Å². The average molecular weight is 941 g/mol. The lowest BCUT2D eigenvalue weighted by Gasteiger charge is -2.28. The molecule has 0 N–H and O–H groups in total. The van der Waals surface area contributed by atoms with Gasteiger partial charge < -0.3 is 9.47 Å². The van der Waals surface area contributed by atoms with Gasteiger partial charge in [-0.3, -0.25) is 14.6 Å². The lowest BCUT2D eigenvalue weighted by molar-refractivity contribution is -0.146. The minimum absolute atomic E-state index is 0.0310. The molecule has 5 nitrogen and oxygen atoms in total. The third-order valence-electron chi connectivity index (χ3n) is 15.4. The Bertz CT molecular complexity index is 1060. The molecule has 4 unspecified atom stereocenters. The maximum Gasteiger partial charge on any atom is 0.305 e. The highest BCUT2D eigenvalue weighted by atomic mass is 16.5. The average Bonchev–Trinajstić information content (AvgIpc) is 3.34. The van der Waals surface area contributed by atoms with Crippen molar-refractivity contribution in [1.82, 2.24) is 0 Å². The Labute approximate surface area is 419 Å². The van der Waals surface area contributed by atoms with Crippen LogP contribution in [-0.2, 0) is 19.1 Å². The fraction of sp³-hybridized carbons (Fsp3) is 0.919. The van der Waals surface area contributed by atoms with Crippen LogP contribution in [0.15, 0.2) is 17.3 Å². The summed E-state index contributed by atoms with van der Waals surface area (Å²) in [5.41, 5.74) is 0. The van der Waals surface area contributed by atoms with E-state index in [9.17, 15) is 9.59 Å². The van der Waals surface area contributed by atoms with Crippen LogP contribution >= 0.6 is 0 Å². The van der Waals surface area contributed by atoms with Crippen molar-refractivity contribution in [2.24, 2.45) is 34.6 Å². The lowest BCUT2D eigenvalue weighted by atomic mass is 9.77. The van der Waals surface area contributed by atoms with Crippen LogP contribution in [0.5, 0.6) is 0 Å². The van der Waals surface area contributed by atoms with Crippen LogP contribution < -0.4 is 0 Å². The largest absolute Gasteiger partial charge is 0.465 e. The highest BCUT2D eigenvalue weighted by Gasteiger charge is 2.21. The molecule has 0 bridgehead atoms. The molecular formula is C62H117NO4. The zero-order valence-corrected chi connectivity index (χ0v) is 45.9. The number of esters is 2. The van der Waals surface area contributed by atoms with Crippen LogP contribution in [0.4, 0.5) is 0 Å². The van der Waals surface area contributed by atoms with E-state index in [0.717, 1.165) is 43.9 Å². The number of unbranched alkanes of at least 4 members (excludes halogenated alkanes) is 25. The molecule has 0 amide bonds. The van der Waals surface area contributed by atoms with Crippen LogP contribution in [0.2, 0.25) is 0 Å². The Kier molecular flexibility index (Phi) is 46.7. The van der Waals surface area contributed by atoms with Gasteiger partial charge in [0, 0.05) is 25.3 Å². The van der Waals surface area contributed by atoms with Gasteiger partial charge in [-0.2, -0.15) is 0 Å². The zero-order valence-electron chi connectivity index (χ0n) is 45.9. The van der Waals surface area contributed by atoms with Crippen LogP contribution in [0, 0.1) is 29.6 Å². The number of allylic oxidation sites excluding steroid dienone is 1. The number of hydrogen-bond acceptors (Lipinski definition) is 5. The Balaban J connectivity index is 2.61. The van der Waals surface area contributed by atoms with Gasteiger partial charge in [-0.05, 0) is 81.0 Å². The topological polar surface area (TPSA) is 65.0 Å². The van der Waals surface area contributed by atoms with Crippen molar-refractivity contribution in [3.63, 3.8) is 0 Å². The summed E-state index contributed by atoms with van der Waals surface area (Å²) in [4.78, 5) is 29.6. The SMILES string of the molecule is CCCCCCCCCC(CCCCC1C=CN=CC1)C(CCCCCCCCC(=O)OCC(CCCC)CCCCCC)CCCCCCCCC(=O)OCC(CCCC)CCCCCC. The summed E-state index contributed by atoms with van der Waals surface area (Å²) < 4.78 is 11.6. The molecule has 394 valence electrons. The van der Waals surface area contributed by atoms with Gasteiger partial charge in [-0.1, -0.05) is 265 Å². The fourth-order valence-corrected chi connectivity index (χ4v) is 10.8. The predicted octanol–water partition coefficient (Wildman–Crippen LogP) is 20.4. The molecule has 0 spiro atoms. The summed E-state index contributed by atoms with van der Waals surface area (Å²) in [6.45, 7) is 12.7. The fourth-order valence-electron chi connectivity index (χ4n) is 10.8. The molecule has 0 fully saturated rings. The summed E-state index contributed by atoms with van der Waals surface area (Å²) >= 11 is 0. The molecule has 0 saturated heterocycles. The molecule has 4 atom stereocenters. The second kappa shape index (κ2) is 49.3. The van der Waals surface area contributed by atoms with E-state index >= 15 is 0 Å². The zero-order chi connectivity index (χ0) is 48.5. The first-order valence-electron chi connectivity index (χ1n) is 30.5. The van der Waals surface area contributed by atoms with Crippen LogP contribution in [0.25, 0.3) is 0 Å². The van der Waals surface area contributed by atoms with Crippen molar-refractivity contribution in [1.29, 1.82) is 0 Å². The van der Waals surface area contributed by atoms with Crippen molar-refractivity contribution < 1.29 is 19.1 Å². The van der Waals surface area contributed by atoms with Gasteiger partial charge in [0.05, 0.1) is 13.2 Å². The molecule has 0 aromatic rings. The first-order valence-corrected chi connectivity index (χ1v) is 30.5. The first-order chi connectivity index (χ1) is 33.0. The van der Waals surface area contributed by atoms with Crippen LogP contribution in [0.1, 0.15) is 324 Å². The molecule has 1 aliphatic rings. The third kappa shape index (κ3) is 40.8. The Hall–Kier alpha value is -1.65. The van der Waals surface area contributed by atoms with E-state index in [-0.39, 0.29) is 11.9 Å². The molecule has 1 rings (SSSR count). The molecule has 67 heavy (non-hydrogen) atoms. The van der Waals surface area contributed by atoms with E-state index in [2.05, 4.69) is 51.9 Å². The van der Waals surface area contributed by atoms with Gasteiger partial charge >= 0.3 is 11.9 Å². The predicted molar refractivity (Wildman–Crippen MR) is 293 cm³/mol. The summed E-state index contributed by atoms with van der Waals surface area (Å²) in [5.74, 6) is 3.56. The molecule has 0 aromatic carbocycles. The number of ether oxygens (including phenoxy) is 2. The van der Waals surface area contributed by atoms with E-state index < -0.39 is 0 Å². The summed E-state index contributed by atoms with van der Waals surface area (Å²) in [7, 11) is 0. The van der Waals surface area contributed by atoms with E-state index in [1.165, 1.54) is 244 Å². The Morgan fingerprint density at radius 3 is 1.13 bits per heavy atom. The van der Waals surface area contributed by atoms with Gasteiger partial charge in [0.2, 0.25) is 0 Å². The number of aliphatic imine (C=N–C) groups is 1. The van der Waals surface area contributed by atoms with Crippen molar-refractivity contribution in [3.05, 3.63) is 12.3 Å². The smallest absolute Gasteiger partial charge is 0.305 e. The Morgan fingerprint density at radius 1 is 0.418 bits per heavy atom. The minimum Gasteiger partial charge on any atom is -0.465 e. The quantitative estimate of drug-likeness (QED) is 0.0450. The molecule has 1 aliphatic heterocycles. The monoisotopic (exact) mass is 940 g/mol. The van der Waals surface area contributed by atoms with Crippen LogP contribution in [0.3, 0.4) is 0 Å². The molecular weight excluding hydrogens is 823 g/mol. The standard InChI is InChI=1S/C62H117NO4/c1-6-11-16-19-20-25-32-46-60(47-38-37-41-56-50-52-63-53-51-56)59(44-33-26-21-23-28-35-48-61(64)66-54-57(39-14-9-4)42-30-17-12-7-2)45-34-27-22-24-29-36-49-62(65)67-55-58(40-15-10-5)43-31-18-13-8-3/h50,52-53,56-60H,6-49,51,54-55H2,1-5H3. The van der Waals surface area contributed by atoms with E-state index in [4.69, 9.17) is 9.47 Å². The first kappa shape index (κ1) is 63.4. The Morgan fingerprint density at radius 2 is 0.746 bits per heavy atom. The van der Waals surface area contributed by atoms with Gasteiger partial charge in [-0.25, -0.2) is 0 Å². The van der Waals surface area contributed by atoms with Crippen molar-refractivity contribution in [3.8, 4) is 0 Å².